The van der Waals surface area contributed by atoms with Gasteiger partial charge in [-0.2, -0.15) is 0 Å². The van der Waals surface area contributed by atoms with Crippen LogP contribution < -0.4 is 5.32 Å². The van der Waals surface area contributed by atoms with Gasteiger partial charge in [0.05, 0.1) is 31.0 Å². The summed E-state index contributed by atoms with van der Waals surface area (Å²) in [4.78, 5) is 41.1. The minimum atomic E-state index is -2.37. The first-order chi connectivity index (χ1) is 52.6. The highest BCUT2D eigenvalue weighted by atomic mass is 16.8. The molecule has 31 heteroatoms. The van der Waals surface area contributed by atoms with Gasteiger partial charge in [0, 0.05) is 38.0 Å². The van der Waals surface area contributed by atoms with Gasteiger partial charge in [0.1, 0.15) is 122 Å². The fourth-order valence-electron chi connectivity index (χ4n) is 16.5. The lowest BCUT2D eigenvalue weighted by atomic mass is 9.63. The number of allylic oxidation sites excluding steroid dienone is 1. The second-order valence-corrected chi connectivity index (χ2v) is 32.1. The number of nitrogens with one attached hydrogen (secondary N) is 1. The van der Waals surface area contributed by atoms with Gasteiger partial charge in [-0.15, -0.1) is 6.58 Å². The summed E-state index contributed by atoms with van der Waals surface area (Å²) in [5, 5.41) is 162. The zero-order valence-electron chi connectivity index (χ0n) is 66.1. The van der Waals surface area contributed by atoms with Crippen molar-refractivity contribution >= 4 is 17.7 Å². The summed E-state index contributed by atoms with van der Waals surface area (Å²) in [6, 6.07) is 0. The van der Waals surface area contributed by atoms with Crippen LogP contribution in [-0.2, 0) is 76.0 Å². The molecule has 7 fully saturated rings. The highest BCUT2D eigenvalue weighted by Crippen LogP contribution is 2.46. The molecule has 0 spiro atoms. The van der Waals surface area contributed by atoms with Gasteiger partial charge in [-0.3, -0.25) is 9.59 Å². The van der Waals surface area contributed by atoms with E-state index in [1.54, 1.807) is 0 Å². The van der Waals surface area contributed by atoms with Crippen molar-refractivity contribution in [3.05, 3.63) is 12.2 Å². The van der Waals surface area contributed by atoms with Gasteiger partial charge in [-0.25, -0.2) is 4.79 Å². The number of ether oxygens (including phenoxy) is 13. The fraction of sp³-hybridized carbons (Fsp3) is 0.937. The Kier molecular flexibility index (Phi) is 40.9. The smallest absolute Gasteiger partial charge is 0.335 e. The number of aliphatic carboxylic acids is 1. The monoisotopic (exact) mass is 1580 g/mol. The number of unbranched alkanes of at least 4 members (excludes halogenated alkanes) is 9. The van der Waals surface area contributed by atoms with Crippen molar-refractivity contribution in [3.63, 3.8) is 0 Å². The molecule has 110 heavy (non-hydrogen) atoms. The average molecular weight is 1580 g/mol. The number of aliphatic hydroxyl groups is 13. The van der Waals surface area contributed by atoms with Gasteiger partial charge < -0.3 is 138 Å². The van der Waals surface area contributed by atoms with Crippen LogP contribution in [0.15, 0.2) is 12.2 Å². The molecule has 6 heterocycles. The lowest BCUT2D eigenvalue weighted by molar-refractivity contribution is -0.411. The summed E-state index contributed by atoms with van der Waals surface area (Å²) in [6.45, 7) is 15.4. The third kappa shape index (κ3) is 26.4. The Morgan fingerprint density at radius 1 is 0.418 bits per heavy atom. The maximum absolute atomic E-state index is 14.5. The molecule has 6 saturated heterocycles. The minimum Gasteiger partial charge on any atom is -0.479 e. The summed E-state index contributed by atoms with van der Waals surface area (Å²) < 4.78 is 78.8. The van der Waals surface area contributed by atoms with Crippen LogP contribution in [0.4, 0.5) is 0 Å². The van der Waals surface area contributed by atoms with Gasteiger partial charge in [-0.05, 0) is 118 Å². The predicted octanol–water partition coefficient (Wildman–Crippen LogP) is 4.16. The molecule has 0 aromatic rings. The molecule has 1 saturated carbocycles. The minimum absolute atomic E-state index is 0.0111. The number of hydrogen-bond donors (Lipinski definition) is 15. The third-order valence-electron chi connectivity index (χ3n) is 23.5. The van der Waals surface area contributed by atoms with Gasteiger partial charge in [0.15, 0.2) is 43.8 Å². The number of hydrogen-bond acceptors (Lipinski definition) is 29. The van der Waals surface area contributed by atoms with Crippen molar-refractivity contribution in [3.8, 4) is 0 Å². The first-order valence-corrected chi connectivity index (χ1v) is 41.5. The molecule has 1 aliphatic carbocycles. The Morgan fingerprint density at radius 3 is 1.38 bits per heavy atom. The van der Waals surface area contributed by atoms with Crippen molar-refractivity contribution < 1.29 is 147 Å². The number of ketones is 1. The van der Waals surface area contributed by atoms with Crippen LogP contribution >= 0.6 is 0 Å². The van der Waals surface area contributed by atoms with E-state index < -0.39 is 197 Å². The fourth-order valence-corrected chi connectivity index (χ4v) is 16.5. The molecule has 1 amide bonds. The predicted molar refractivity (Wildman–Crippen MR) is 395 cm³/mol. The van der Waals surface area contributed by atoms with Crippen LogP contribution in [0.5, 0.6) is 0 Å². The molecule has 640 valence electrons. The number of carboxylic acids is 1. The molecular formula is C79H139NO30. The number of Topliss-reactive ketones (excluding diaryl/α,β-unsaturated/α-hetero) is 1. The number of carbonyl (C=O) groups is 3. The van der Waals surface area contributed by atoms with E-state index in [1.165, 1.54) is 98.3 Å². The largest absolute Gasteiger partial charge is 0.479 e. The van der Waals surface area contributed by atoms with E-state index in [0.29, 0.717) is 76.0 Å². The number of carboxylic acid groups (broad SMARTS) is 1. The quantitative estimate of drug-likeness (QED) is 0.0302. The highest BCUT2D eigenvalue weighted by Gasteiger charge is 2.60. The second-order valence-electron chi connectivity index (χ2n) is 32.1. The van der Waals surface area contributed by atoms with Crippen LogP contribution in [0.1, 0.15) is 248 Å². The van der Waals surface area contributed by atoms with Crippen LogP contribution in [0.25, 0.3) is 0 Å². The summed E-state index contributed by atoms with van der Waals surface area (Å²) in [5.74, 6) is -1.20. The molecule has 0 aromatic carbocycles. The molecule has 31 nitrogen and oxygen atoms in total. The van der Waals surface area contributed by atoms with Crippen LogP contribution in [0.3, 0.4) is 0 Å². The van der Waals surface area contributed by atoms with Gasteiger partial charge in [-0.1, -0.05) is 129 Å². The van der Waals surface area contributed by atoms with E-state index in [4.69, 9.17) is 61.6 Å². The molecule has 7 aliphatic rings. The third-order valence-corrected chi connectivity index (χ3v) is 23.5. The topological polar surface area (TPSA) is 466 Å². The van der Waals surface area contributed by atoms with E-state index in [1.807, 2.05) is 6.92 Å². The zero-order valence-corrected chi connectivity index (χ0v) is 66.1. The lowest BCUT2D eigenvalue weighted by Gasteiger charge is -2.50. The van der Waals surface area contributed by atoms with Crippen molar-refractivity contribution in [2.24, 2.45) is 11.3 Å². The molecule has 15 N–H and O–H groups in total. The van der Waals surface area contributed by atoms with E-state index in [2.05, 4.69) is 25.7 Å². The molecular weight excluding hydrogens is 1440 g/mol. The van der Waals surface area contributed by atoms with Crippen LogP contribution in [0.2, 0.25) is 0 Å². The lowest BCUT2D eigenvalue weighted by Crippen LogP contribution is -2.69. The SMILES string of the molecule is C=C(C)CCCCCCCOC1C(O)[C@H](OC2C(O)[C@@H](OC3C(O)[C@@H](O)C(C)O[C@H]3OC3C(O)[C@@H](O)C(C)O[C@H]3OC3C(O)[C@@H](O)C(C)O[C@H]3OCCCCCNC(=O)CCCCC(=O)C(CC)(CCCCC)C3CCCCCCCCCCCCC3)OC(C(=O)O)[C@@H]2O[C@@H]2OC(C)[C@H](O)C(O)C2O)OC(CO)[C@@H]1O. The Labute approximate surface area is 649 Å². The molecule has 0 aromatic heterocycles. The summed E-state index contributed by atoms with van der Waals surface area (Å²) in [7, 11) is 0. The average Bonchev–Trinajstić information content (AvgIpc) is 0.763. The Morgan fingerprint density at radius 2 is 0.845 bits per heavy atom. The molecule has 19 unspecified atom stereocenters. The molecule has 0 bridgehead atoms. The van der Waals surface area contributed by atoms with Crippen molar-refractivity contribution in [2.45, 2.75) is 432 Å². The maximum Gasteiger partial charge on any atom is 0.335 e. The molecule has 6 aliphatic heterocycles. The van der Waals surface area contributed by atoms with Gasteiger partial charge in [0.2, 0.25) is 5.91 Å². The van der Waals surface area contributed by atoms with Gasteiger partial charge >= 0.3 is 5.97 Å². The van der Waals surface area contributed by atoms with E-state index >= 15 is 0 Å². The Hall–Kier alpha value is -2.69. The first kappa shape index (κ1) is 94.5. The highest BCUT2D eigenvalue weighted by molar-refractivity contribution is 5.85. The summed E-state index contributed by atoms with van der Waals surface area (Å²) in [6.07, 6.45) is -24.9. The molecule has 0 radical (unpaired) electrons. The number of carbonyl (C=O) groups excluding carboxylic acids is 2. The van der Waals surface area contributed by atoms with Crippen molar-refractivity contribution in [2.75, 3.05) is 26.4 Å². The summed E-state index contributed by atoms with van der Waals surface area (Å²) in [5.41, 5.74) is 0.743. The number of aliphatic hydroxyl groups excluding tert-OH is 13. The Balaban J connectivity index is 0.997. The van der Waals surface area contributed by atoms with Gasteiger partial charge in [0.25, 0.3) is 0 Å². The van der Waals surface area contributed by atoms with E-state index in [0.717, 1.165) is 76.2 Å². The summed E-state index contributed by atoms with van der Waals surface area (Å²) >= 11 is 0. The number of amides is 1. The van der Waals surface area contributed by atoms with Crippen molar-refractivity contribution in [1.29, 1.82) is 0 Å². The van der Waals surface area contributed by atoms with Crippen LogP contribution in [0, 0.1) is 11.3 Å². The van der Waals surface area contributed by atoms with Crippen molar-refractivity contribution in [1.82, 2.24) is 5.32 Å². The standard InChI is InChI=1S/C79H139NO30/c1-9-11-30-39-79(10-2,49-35-26-21-17-15-13-12-14-16-18-22-27-36-49)51(82)37-28-29-38-52(83)80-40-31-24-33-42-99-76-67(59(90)54(85)46(6)101-76)107-78-69(61(92)56(87)48(8)103-78)108-77-68(60(91)55(86)47(7)102-77)106-75-64(95)66(70(71(110-75)72(96)97)109-73-62(93)58(89)53(84)45(5)100-73)105-74-63(94)65(57(88)50(43-81)104-74)98-41-32-23-19-20-25-34-44(3)4/h45-50,53-71,73-78,81,84-95H,3,9-43H2,1-2,4-8H3,(H,80,83)(H,96,97)/t45?,46?,47?,48?,50?,53-,54-,55-,56-,57-,58?,59?,60?,61?,62?,63?,64?,65?,66?,67?,68?,69?,70+,71?,73-,74-,75-,76+,77-,78-,79?/m0/s1. The number of rotatable bonds is 40. The van der Waals surface area contributed by atoms with E-state index in [-0.39, 0.29) is 24.5 Å². The van der Waals surface area contributed by atoms with E-state index in [9.17, 15) is 85.9 Å². The molecule has 31 atom stereocenters. The Bertz CT molecular complexity index is 2630. The maximum atomic E-state index is 14.5. The zero-order chi connectivity index (χ0) is 80.4. The first-order valence-electron chi connectivity index (χ1n) is 41.5. The van der Waals surface area contributed by atoms with Crippen LogP contribution in [-0.4, -0.2) is 300 Å². The second kappa shape index (κ2) is 47.6. The normalized spacial score (nSPS) is 39.5. The molecule has 7 rings (SSSR count).